The van der Waals surface area contributed by atoms with Crippen LogP contribution in [0, 0.1) is 11.8 Å². The summed E-state index contributed by atoms with van der Waals surface area (Å²) in [5.41, 5.74) is 0.630. The molecule has 0 amide bonds. The van der Waals surface area contributed by atoms with Gasteiger partial charge >= 0.3 is 11.9 Å². The number of carbonyl (C=O) groups excluding carboxylic acids is 2. The zero-order valence-electron chi connectivity index (χ0n) is 17.7. The molecule has 1 aromatic rings. The Morgan fingerprint density at radius 1 is 1.00 bits per heavy atom. The number of carboxylic acid groups (broad SMARTS) is 1. The van der Waals surface area contributed by atoms with Crippen molar-refractivity contribution in [3.05, 3.63) is 29.3 Å². The number of aliphatic hydroxyl groups excluding tert-OH is 3. The van der Waals surface area contributed by atoms with Crippen LogP contribution < -0.4 is 4.74 Å². The average Bonchev–Trinajstić information content (AvgIpc) is 2.71. The largest absolute Gasteiger partial charge is 0.479 e. The summed E-state index contributed by atoms with van der Waals surface area (Å²) < 4.78 is 15.8. The van der Waals surface area contributed by atoms with E-state index in [-0.39, 0.29) is 29.6 Å². The van der Waals surface area contributed by atoms with E-state index in [9.17, 15) is 29.7 Å². The summed E-state index contributed by atoms with van der Waals surface area (Å²) >= 11 is 0. The molecule has 2 rings (SSSR count). The summed E-state index contributed by atoms with van der Waals surface area (Å²) in [5.74, 6) is -3.02. The van der Waals surface area contributed by atoms with Crippen molar-refractivity contribution in [3.8, 4) is 5.75 Å². The van der Waals surface area contributed by atoms with Gasteiger partial charge in [0.2, 0.25) is 6.29 Å². The Bertz CT molecular complexity index is 818. The Balaban J connectivity index is 2.30. The number of rotatable bonds is 8. The molecule has 0 saturated carbocycles. The predicted octanol–water partition coefficient (Wildman–Crippen LogP) is 0.495. The van der Waals surface area contributed by atoms with Crippen LogP contribution in [0.15, 0.2) is 18.2 Å². The highest BCUT2D eigenvalue weighted by Crippen LogP contribution is 2.29. The van der Waals surface area contributed by atoms with Gasteiger partial charge in [-0.3, -0.25) is 9.59 Å². The lowest BCUT2D eigenvalue weighted by molar-refractivity contribution is -0.271. The van der Waals surface area contributed by atoms with E-state index < -0.39 is 48.6 Å². The van der Waals surface area contributed by atoms with Crippen LogP contribution in [0.3, 0.4) is 0 Å². The molecule has 0 aliphatic carbocycles. The van der Waals surface area contributed by atoms with Gasteiger partial charge in [-0.2, -0.15) is 0 Å². The zero-order chi connectivity index (χ0) is 23.5. The number of Topliss-reactive ketones (excluding diaryl/α,β-unsaturated/α-hetero) is 1. The molecule has 1 saturated heterocycles. The summed E-state index contributed by atoms with van der Waals surface area (Å²) in [7, 11) is 0. The lowest BCUT2D eigenvalue weighted by Crippen LogP contribution is -2.61. The number of ether oxygens (including phenoxy) is 3. The van der Waals surface area contributed by atoms with Gasteiger partial charge in [-0.15, -0.1) is 0 Å². The van der Waals surface area contributed by atoms with E-state index in [4.69, 9.17) is 19.3 Å². The molecule has 0 bridgehead atoms. The molecule has 31 heavy (non-hydrogen) atoms. The standard InChI is InChI=1S/C21H28O10/c1-9(2)14(22)12-7-11(8-29-20(28)10(3)4)5-6-13(12)30-21-17(25)15(23)16(24)18(31-21)19(26)27/h5-7,9-10,15-18,21,23-25H,8H2,1-4H3,(H,26,27)/t15-,16-,17+,18-,21+/m0/s1. The van der Waals surface area contributed by atoms with Crippen LogP contribution in [0.2, 0.25) is 0 Å². The lowest BCUT2D eigenvalue weighted by atomic mass is 9.97. The molecular formula is C21H28O10. The maximum atomic E-state index is 12.7. The first-order valence-electron chi connectivity index (χ1n) is 9.86. The smallest absolute Gasteiger partial charge is 0.335 e. The van der Waals surface area contributed by atoms with Crippen molar-refractivity contribution in [1.29, 1.82) is 0 Å². The fourth-order valence-corrected chi connectivity index (χ4v) is 2.87. The first kappa shape index (κ1) is 24.7. The third-order valence-corrected chi connectivity index (χ3v) is 4.74. The maximum Gasteiger partial charge on any atom is 0.335 e. The fraction of sp³-hybridized carbons (Fsp3) is 0.571. The SMILES string of the molecule is CC(C)C(=O)OCc1ccc(O[C@@H]2O[C@H](C(=O)O)[C@@H](O)[C@H](O)[C@H]2O)c(C(=O)C(C)C)c1. The number of hydrogen-bond donors (Lipinski definition) is 4. The van der Waals surface area contributed by atoms with Gasteiger partial charge in [0.15, 0.2) is 11.9 Å². The molecule has 1 heterocycles. The van der Waals surface area contributed by atoms with Crippen molar-refractivity contribution in [2.24, 2.45) is 11.8 Å². The summed E-state index contributed by atoms with van der Waals surface area (Å²) in [6, 6.07) is 4.41. The van der Waals surface area contributed by atoms with Crippen LogP contribution in [0.4, 0.5) is 0 Å². The third-order valence-electron chi connectivity index (χ3n) is 4.74. The van der Waals surface area contributed by atoms with Crippen LogP contribution in [0.25, 0.3) is 0 Å². The molecule has 172 valence electrons. The number of carboxylic acids is 1. The highest BCUT2D eigenvalue weighted by molar-refractivity contribution is 6.00. The van der Waals surface area contributed by atoms with Crippen molar-refractivity contribution < 1.29 is 49.0 Å². The molecule has 5 atom stereocenters. The Labute approximate surface area is 179 Å². The normalized spacial score (nSPS) is 26.0. The topological polar surface area (TPSA) is 160 Å². The molecule has 1 aliphatic heterocycles. The number of aliphatic hydroxyl groups is 3. The minimum absolute atomic E-state index is 0.0191. The lowest BCUT2D eigenvalue weighted by Gasteiger charge is -2.38. The van der Waals surface area contributed by atoms with E-state index in [2.05, 4.69) is 0 Å². The molecular weight excluding hydrogens is 412 g/mol. The maximum absolute atomic E-state index is 12.7. The van der Waals surface area contributed by atoms with E-state index >= 15 is 0 Å². The van der Waals surface area contributed by atoms with E-state index in [1.165, 1.54) is 18.2 Å². The summed E-state index contributed by atoms with van der Waals surface area (Å²) in [6.45, 7) is 6.66. The van der Waals surface area contributed by atoms with Crippen molar-refractivity contribution in [2.75, 3.05) is 0 Å². The van der Waals surface area contributed by atoms with Crippen molar-refractivity contribution in [1.82, 2.24) is 0 Å². The van der Waals surface area contributed by atoms with Gasteiger partial charge in [0.1, 0.15) is 30.7 Å². The van der Waals surface area contributed by atoms with Crippen LogP contribution >= 0.6 is 0 Å². The summed E-state index contributed by atoms with van der Waals surface area (Å²) in [6.07, 6.45) is -8.94. The number of hydrogen-bond acceptors (Lipinski definition) is 9. The van der Waals surface area contributed by atoms with E-state index in [1.807, 2.05) is 0 Å². The first-order chi connectivity index (χ1) is 14.4. The number of benzene rings is 1. The van der Waals surface area contributed by atoms with Gasteiger partial charge in [0.25, 0.3) is 0 Å². The molecule has 0 unspecified atom stereocenters. The predicted molar refractivity (Wildman–Crippen MR) is 105 cm³/mol. The third kappa shape index (κ3) is 5.79. The van der Waals surface area contributed by atoms with E-state index in [0.717, 1.165) is 0 Å². The van der Waals surface area contributed by atoms with Crippen LogP contribution in [0.1, 0.15) is 43.6 Å². The van der Waals surface area contributed by atoms with Gasteiger partial charge in [-0.25, -0.2) is 4.79 Å². The van der Waals surface area contributed by atoms with Gasteiger partial charge in [-0.05, 0) is 17.7 Å². The Morgan fingerprint density at radius 3 is 2.19 bits per heavy atom. The van der Waals surface area contributed by atoms with Gasteiger partial charge in [0, 0.05) is 5.92 Å². The van der Waals surface area contributed by atoms with Crippen LogP contribution in [-0.4, -0.2) is 68.9 Å². The highest BCUT2D eigenvalue weighted by Gasteiger charge is 2.48. The van der Waals surface area contributed by atoms with Gasteiger partial charge in [-0.1, -0.05) is 33.8 Å². The quantitative estimate of drug-likeness (QED) is 0.331. The molecule has 1 fully saturated rings. The van der Waals surface area contributed by atoms with Crippen LogP contribution in [0.5, 0.6) is 5.75 Å². The second kappa shape index (κ2) is 10.2. The Kier molecular flexibility index (Phi) is 8.13. The van der Waals surface area contributed by atoms with Crippen molar-refractivity contribution in [3.63, 3.8) is 0 Å². The van der Waals surface area contributed by atoms with Gasteiger partial charge < -0.3 is 34.6 Å². The van der Waals surface area contributed by atoms with Gasteiger partial charge in [0.05, 0.1) is 11.5 Å². The van der Waals surface area contributed by atoms with Crippen molar-refractivity contribution in [2.45, 2.75) is 65.0 Å². The summed E-state index contributed by atoms with van der Waals surface area (Å²) in [4.78, 5) is 35.7. The molecule has 0 aromatic heterocycles. The van der Waals surface area contributed by atoms with E-state index in [1.54, 1.807) is 27.7 Å². The molecule has 1 aromatic carbocycles. The number of aliphatic carboxylic acids is 1. The van der Waals surface area contributed by atoms with Crippen molar-refractivity contribution >= 4 is 17.7 Å². The molecule has 10 heteroatoms. The van der Waals surface area contributed by atoms with Crippen LogP contribution in [-0.2, 0) is 25.7 Å². The number of esters is 1. The molecule has 4 N–H and O–H groups in total. The highest BCUT2D eigenvalue weighted by atomic mass is 16.7. The minimum Gasteiger partial charge on any atom is -0.479 e. The van der Waals surface area contributed by atoms with E-state index in [0.29, 0.717) is 5.56 Å². The minimum atomic E-state index is -1.86. The molecule has 0 radical (unpaired) electrons. The molecule has 10 nitrogen and oxygen atoms in total. The number of carbonyl (C=O) groups is 3. The fourth-order valence-electron chi connectivity index (χ4n) is 2.87. The Morgan fingerprint density at radius 2 is 1.65 bits per heavy atom. The first-order valence-corrected chi connectivity index (χ1v) is 9.86. The Hall–Kier alpha value is -2.53. The molecule has 1 aliphatic rings. The molecule has 0 spiro atoms. The summed E-state index contributed by atoms with van der Waals surface area (Å²) in [5, 5.41) is 39.1. The monoisotopic (exact) mass is 440 g/mol. The second-order valence-electron chi connectivity index (χ2n) is 7.96. The average molecular weight is 440 g/mol. The second-order valence-corrected chi connectivity index (χ2v) is 7.96. The zero-order valence-corrected chi connectivity index (χ0v) is 17.7. The number of ketones is 1.